The molecule has 1 fully saturated rings. The fourth-order valence-corrected chi connectivity index (χ4v) is 5.61. The van der Waals surface area contributed by atoms with Gasteiger partial charge in [-0.1, -0.05) is 6.42 Å². The van der Waals surface area contributed by atoms with Gasteiger partial charge in [-0.05, 0) is 67.8 Å². The van der Waals surface area contributed by atoms with Crippen LogP contribution >= 0.6 is 0 Å². The van der Waals surface area contributed by atoms with Crippen molar-refractivity contribution in [3.8, 4) is 0 Å². The largest absolute Gasteiger partial charge is 0.376 e. The molecule has 2 amide bonds. The van der Waals surface area contributed by atoms with Gasteiger partial charge in [0.25, 0.3) is 0 Å². The van der Waals surface area contributed by atoms with Crippen LogP contribution in [0, 0.1) is 0 Å². The Bertz CT molecular complexity index is 1460. The number of hydrogen-bond acceptors (Lipinski definition) is 10. The highest BCUT2D eigenvalue weighted by Gasteiger charge is 2.27. The van der Waals surface area contributed by atoms with Gasteiger partial charge < -0.3 is 20.4 Å². The Kier molecular flexibility index (Phi) is 9.68. The number of aromatic nitrogens is 6. The van der Waals surface area contributed by atoms with Crippen LogP contribution < -0.4 is 20.4 Å². The van der Waals surface area contributed by atoms with Crippen LogP contribution in [0.25, 0.3) is 0 Å². The van der Waals surface area contributed by atoms with Gasteiger partial charge in [0.05, 0.1) is 47.0 Å². The molecule has 0 saturated heterocycles. The predicted molar refractivity (Wildman–Crippen MR) is 170 cm³/mol. The van der Waals surface area contributed by atoms with E-state index in [2.05, 4.69) is 41.0 Å². The first-order chi connectivity index (χ1) is 21.3. The van der Waals surface area contributed by atoms with Crippen LogP contribution in [0.15, 0.2) is 60.9 Å². The Morgan fingerprint density at radius 1 is 0.682 bits per heavy atom. The first kappa shape index (κ1) is 30.5. The second-order valence-corrected chi connectivity index (χ2v) is 11.4. The molecule has 0 aromatic carbocycles. The molecule has 5 rings (SSSR count). The summed E-state index contributed by atoms with van der Waals surface area (Å²) in [4.78, 5) is 37.9. The van der Waals surface area contributed by atoms with Crippen molar-refractivity contribution in [2.45, 2.75) is 50.4 Å². The van der Waals surface area contributed by atoms with Crippen LogP contribution in [-0.2, 0) is 22.4 Å². The molecular weight excluding hydrogens is 556 g/mol. The Morgan fingerprint density at radius 3 is 1.52 bits per heavy atom. The number of carbonyl (C=O) groups excluding carboxylic acids is 2. The summed E-state index contributed by atoms with van der Waals surface area (Å²) in [5.41, 5.74) is 5.01. The maximum atomic E-state index is 12.7. The molecule has 4 aromatic heterocycles. The molecule has 1 aliphatic carbocycles. The monoisotopic (exact) mass is 594 g/mol. The van der Waals surface area contributed by atoms with Crippen molar-refractivity contribution >= 4 is 34.8 Å². The van der Waals surface area contributed by atoms with E-state index in [1.54, 1.807) is 24.5 Å². The molecule has 1 aliphatic rings. The van der Waals surface area contributed by atoms with E-state index in [-0.39, 0.29) is 36.5 Å². The third kappa shape index (κ3) is 7.68. The molecule has 228 valence electrons. The number of anilines is 4. The number of rotatable bonds is 10. The van der Waals surface area contributed by atoms with Crippen molar-refractivity contribution in [1.29, 1.82) is 0 Å². The maximum absolute atomic E-state index is 12.7. The van der Waals surface area contributed by atoms with Crippen LogP contribution in [0.2, 0.25) is 0 Å². The SMILES string of the molecule is CN(C)c1cccnc1CC(=O)Nc1ccc(C2CCCC(c3ccc(NC(=O)Cc4ncccc4N(C)C)nn3)C2)nn1. The Balaban J connectivity index is 1.15. The van der Waals surface area contributed by atoms with Crippen molar-refractivity contribution in [1.82, 2.24) is 30.4 Å². The number of pyridine rings is 2. The number of amides is 2. The minimum absolute atomic E-state index is 0.146. The fraction of sp³-hybridized carbons (Fsp3) is 0.375. The maximum Gasteiger partial charge on any atom is 0.231 e. The van der Waals surface area contributed by atoms with E-state index in [9.17, 15) is 9.59 Å². The zero-order valence-electron chi connectivity index (χ0n) is 25.6. The van der Waals surface area contributed by atoms with E-state index in [0.717, 1.165) is 48.4 Å². The van der Waals surface area contributed by atoms with E-state index in [4.69, 9.17) is 0 Å². The lowest BCUT2D eigenvalue weighted by Crippen LogP contribution is -2.20. The first-order valence-corrected chi connectivity index (χ1v) is 14.8. The van der Waals surface area contributed by atoms with E-state index < -0.39 is 0 Å². The van der Waals surface area contributed by atoms with Crippen LogP contribution in [0.3, 0.4) is 0 Å². The zero-order chi connectivity index (χ0) is 31.1. The molecule has 2 unspecified atom stereocenters. The standard InChI is InChI=1S/C32H38N10O2/c1-41(2)27-10-6-16-33-25(27)19-31(43)35-29-14-12-23(37-39-29)21-8-5-9-22(18-21)24-13-15-30(40-38-24)36-32(44)20-26-28(42(3)4)11-7-17-34-26/h6-7,10-17,21-22H,5,8-9,18-20H2,1-4H3,(H,35,39,43)(H,36,40,44). The van der Waals surface area contributed by atoms with Crippen molar-refractivity contribution in [2.75, 3.05) is 48.6 Å². The quantitative estimate of drug-likeness (QED) is 0.277. The topological polar surface area (TPSA) is 142 Å². The Hall–Kier alpha value is -5.00. The highest BCUT2D eigenvalue weighted by molar-refractivity contribution is 5.92. The second kappa shape index (κ2) is 14.0. The lowest BCUT2D eigenvalue weighted by atomic mass is 9.78. The third-order valence-corrected chi connectivity index (χ3v) is 7.77. The van der Waals surface area contributed by atoms with E-state index in [0.29, 0.717) is 23.0 Å². The normalized spacial score (nSPS) is 16.2. The van der Waals surface area contributed by atoms with E-state index >= 15 is 0 Å². The molecule has 2 atom stereocenters. The smallest absolute Gasteiger partial charge is 0.231 e. The summed E-state index contributed by atoms with van der Waals surface area (Å²) in [7, 11) is 7.69. The molecule has 0 bridgehead atoms. The molecule has 2 N–H and O–H groups in total. The molecule has 44 heavy (non-hydrogen) atoms. The molecule has 0 spiro atoms. The summed E-state index contributed by atoms with van der Waals surface area (Å²) in [6, 6.07) is 15.1. The Morgan fingerprint density at radius 2 is 1.14 bits per heavy atom. The van der Waals surface area contributed by atoms with Gasteiger partial charge in [0.2, 0.25) is 11.8 Å². The van der Waals surface area contributed by atoms with Crippen molar-refractivity contribution in [2.24, 2.45) is 0 Å². The summed E-state index contributed by atoms with van der Waals surface area (Å²) < 4.78 is 0. The van der Waals surface area contributed by atoms with Gasteiger partial charge >= 0.3 is 0 Å². The number of nitrogens with one attached hydrogen (secondary N) is 2. The lowest BCUT2D eigenvalue weighted by molar-refractivity contribution is -0.116. The van der Waals surface area contributed by atoms with Crippen LogP contribution in [0.1, 0.15) is 60.3 Å². The number of carbonyl (C=O) groups is 2. The van der Waals surface area contributed by atoms with Gasteiger partial charge in [0, 0.05) is 52.4 Å². The highest BCUT2D eigenvalue weighted by atomic mass is 16.2. The molecule has 4 heterocycles. The molecule has 12 heteroatoms. The lowest BCUT2D eigenvalue weighted by Gasteiger charge is -2.28. The molecule has 12 nitrogen and oxygen atoms in total. The average Bonchev–Trinajstić information content (AvgIpc) is 3.02. The predicted octanol–water partition coefficient (Wildman–Crippen LogP) is 3.99. The summed E-state index contributed by atoms with van der Waals surface area (Å²) in [5.74, 6) is 0.899. The number of nitrogens with zero attached hydrogens (tertiary/aromatic N) is 8. The van der Waals surface area contributed by atoms with Crippen LogP contribution in [0.4, 0.5) is 23.0 Å². The van der Waals surface area contributed by atoms with Gasteiger partial charge in [-0.25, -0.2) is 0 Å². The van der Waals surface area contributed by atoms with Crippen molar-refractivity contribution < 1.29 is 9.59 Å². The van der Waals surface area contributed by atoms with E-state index in [1.807, 2.05) is 74.4 Å². The van der Waals surface area contributed by atoms with Gasteiger partial charge in [-0.3, -0.25) is 19.6 Å². The summed E-state index contributed by atoms with van der Waals surface area (Å²) in [6.07, 6.45) is 7.59. The molecule has 0 radical (unpaired) electrons. The fourth-order valence-electron chi connectivity index (χ4n) is 5.61. The van der Waals surface area contributed by atoms with Crippen LogP contribution in [-0.4, -0.2) is 70.4 Å². The van der Waals surface area contributed by atoms with Crippen molar-refractivity contribution in [3.63, 3.8) is 0 Å². The Labute approximate surface area is 257 Å². The summed E-state index contributed by atoms with van der Waals surface area (Å²) >= 11 is 0. The van der Waals surface area contributed by atoms with Gasteiger partial charge in [0.15, 0.2) is 11.6 Å². The average molecular weight is 595 g/mol. The highest BCUT2D eigenvalue weighted by Crippen LogP contribution is 2.40. The van der Waals surface area contributed by atoms with Crippen molar-refractivity contribution in [3.05, 3.63) is 83.7 Å². The van der Waals surface area contributed by atoms with Crippen LogP contribution in [0.5, 0.6) is 0 Å². The summed E-state index contributed by atoms with van der Waals surface area (Å²) in [6.45, 7) is 0. The van der Waals surface area contributed by atoms with Gasteiger partial charge in [-0.2, -0.15) is 10.2 Å². The first-order valence-electron chi connectivity index (χ1n) is 14.8. The van der Waals surface area contributed by atoms with Gasteiger partial charge in [-0.15, -0.1) is 10.2 Å². The summed E-state index contributed by atoms with van der Waals surface area (Å²) in [5, 5.41) is 23.2. The van der Waals surface area contributed by atoms with Gasteiger partial charge in [0.1, 0.15) is 0 Å². The second-order valence-electron chi connectivity index (χ2n) is 11.4. The molecule has 1 saturated carbocycles. The molecular formula is C32H38N10O2. The zero-order valence-corrected chi connectivity index (χ0v) is 25.6. The molecule has 0 aliphatic heterocycles. The van der Waals surface area contributed by atoms with E-state index in [1.165, 1.54) is 0 Å². The third-order valence-electron chi connectivity index (χ3n) is 7.77. The molecule has 4 aromatic rings. The minimum atomic E-state index is -0.195. The number of hydrogen-bond donors (Lipinski definition) is 2. The minimum Gasteiger partial charge on any atom is -0.376 e.